The van der Waals surface area contributed by atoms with Gasteiger partial charge in [0.15, 0.2) is 11.8 Å². The average molecular weight is 436 g/mol. The van der Waals surface area contributed by atoms with Crippen LogP contribution in [0, 0.1) is 0 Å². The molecule has 1 aromatic heterocycles. The first-order valence-corrected chi connectivity index (χ1v) is 11.0. The van der Waals surface area contributed by atoms with Crippen molar-refractivity contribution in [1.82, 2.24) is 15.1 Å². The van der Waals surface area contributed by atoms with Crippen LogP contribution in [0.3, 0.4) is 0 Å². The molecule has 0 spiro atoms. The standard InChI is InChI=1S/C25H29N3O4/c1-3-4-10-17-28-24(30)21-14-9-8-13-20(21)22(27-28)25(31)32-18(2)23(29)26-16-15-19-11-6-5-7-12-19/h5-9,11-14,18H,3-4,10,15-17H2,1-2H3,(H,26,29). The highest BCUT2D eigenvalue weighted by Gasteiger charge is 2.23. The van der Waals surface area contributed by atoms with Gasteiger partial charge in [-0.15, -0.1) is 0 Å². The molecule has 0 radical (unpaired) electrons. The predicted molar refractivity (Wildman–Crippen MR) is 124 cm³/mol. The van der Waals surface area contributed by atoms with Crippen molar-refractivity contribution < 1.29 is 14.3 Å². The van der Waals surface area contributed by atoms with E-state index in [-0.39, 0.29) is 17.2 Å². The van der Waals surface area contributed by atoms with E-state index < -0.39 is 12.1 Å². The molecule has 0 bridgehead atoms. The van der Waals surface area contributed by atoms with Crippen molar-refractivity contribution in [2.75, 3.05) is 6.54 Å². The number of aryl methyl sites for hydroxylation is 1. The fourth-order valence-corrected chi connectivity index (χ4v) is 3.44. The minimum absolute atomic E-state index is 0.0423. The Morgan fingerprint density at radius 2 is 1.72 bits per heavy atom. The van der Waals surface area contributed by atoms with Gasteiger partial charge in [-0.1, -0.05) is 68.3 Å². The highest BCUT2D eigenvalue weighted by molar-refractivity contribution is 6.02. The fraction of sp³-hybridized carbons (Fsp3) is 0.360. The van der Waals surface area contributed by atoms with Gasteiger partial charge in [0, 0.05) is 18.5 Å². The maximum Gasteiger partial charge on any atom is 0.360 e. The Balaban J connectivity index is 1.70. The molecule has 32 heavy (non-hydrogen) atoms. The lowest BCUT2D eigenvalue weighted by Crippen LogP contribution is -2.37. The molecule has 0 aliphatic heterocycles. The lowest BCUT2D eigenvalue weighted by molar-refractivity contribution is -0.129. The number of nitrogens with zero attached hydrogens (tertiary/aromatic N) is 2. The first-order valence-electron chi connectivity index (χ1n) is 11.0. The number of hydrogen-bond acceptors (Lipinski definition) is 5. The van der Waals surface area contributed by atoms with Crippen molar-refractivity contribution in [3.05, 3.63) is 76.2 Å². The van der Waals surface area contributed by atoms with Crippen molar-refractivity contribution in [3.63, 3.8) is 0 Å². The molecule has 1 heterocycles. The Kier molecular flexibility index (Phi) is 8.14. The van der Waals surface area contributed by atoms with Crippen LogP contribution in [-0.4, -0.2) is 34.3 Å². The largest absolute Gasteiger partial charge is 0.448 e. The summed E-state index contributed by atoms with van der Waals surface area (Å²) in [4.78, 5) is 38.0. The van der Waals surface area contributed by atoms with Crippen LogP contribution in [0.15, 0.2) is 59.4 Å². The molecular weight excluding hydrogens is 406 g/mol. The molecule has 0 saturated carbocycles. The zero-order chi connectivity index (χ0) is 22.9. The SMILES string of the molecule is CCCCCn1nc(C(=O)OC(C)C(=O)NCCc2ccccc2)c2ccccc2c1=O. The summed E-state index contributed by atoms with van der Waals surface area (Å²) in [5.41, 5.74) is 0.916. The molecule has 0 fully saturated rings. The molecule has 3 aromatic rings. The number of rotatable bonds is 10. The van der Waals surface area contributed by atoms with E-state index in [1.54, 1.807) is 24.3 Å². The van der Waals surface area contributed by atoms with Gasteiger partial charge in [-0.3, -0.25) is 9.59 Å². The molecule has 168 valence electrons. The van der Waals surface area contributed by atoms with Gasteiger partial charge in [0.1, 0.15) is 0 Å². The topological polar surface area (TPSA) is 90.3 Å². The van der Waals surface area contributed by atoms with Gasteiger partial charge in [-0.05, 0) is 31.4 Å². The Morgan fingerprint density at radius 1 is 1.03 bits per heavy atom. The molecule has 1 N–H and O–H groups in total. The van der Waals surface area contributed by atoms with E-state index in [1.165, 1.54) is 11.6 Å². The van der Waals surface area contributed by atoms with Gasteiger partial charge in [0.25, 0.3) is 11.5 Å². The van der Waals surface area contributed by atoms with Crippen molar-refractivity contribution >= 4 is 22.6 Å². The molecule has 3 rings (SSSR count). The zero-order valence-electron chi connectivity index (χ0n) is 18.5. The van der Waals surface area contributed by atoms with Crippen LogP contribution < -0.4 is 10.9 Å². The van der Waals surface area contributed by atoms with Crippen LogP contribution in [0.2, 0.25) is 0 Å². The summed E-state index contributed by atoms with van der Waals surface area (Å²) in [5, 5.41) is 7.90. The number of carbonyl (C=O) groups excluding carboxylic acids is 2. The molecular formula is C25H29N3O4. The Hall–Kier alpha value is -3.48. The summed E-state index contributed by atoms with van der Waals surface area (Å²) < 4.78 is 6.72. The van der Waals surface area contributed by atoms with Crippen LogP contribution >= 0.6 is 0 Å². The first kappa shape index (κ1) is 23.2. The highest BCUT2D eigenvalue weighted by atomic mass is 16.5. The third-order valence-electron chi connectivity index (χ3n) is 5.24. The fourth-order valence-electron chi connectivity index (χ4n) is 3.44. The Labute approximate surface area is 187 Å². The predicted octanol–water partition coefficient (Wildman–Crippen LogP) is 3.49. The molecule has 0 aliphatic rings. The molecule has 1 unspecified atom stereocenters. The lowest BCUT2D eigenvalue weighted by Gasteiger charge is -2.15. The molecule has 2 aromatic carbocycles. The van der Waals surface area contributed by atoms with Crippen LogP contribution in [0.1, 0.15) is 49.2 Å². The number of unbranched alkanes of at least 4 members (excludes halogenated alkanes) is 2. The van der Waals surface area contributed by atoms with Crippen molar-refractivity contribution in [2.24, 2.45) is 0 Å². The number of fused-ring (bicyclic) bond motifs is 1. The third-order valence-corrected chi connectivity index (χ3v) is 5.24. The molecule has 1 atom stereocenters. The Bertz CT molecular complexity index is 1120. The summed E-state index contributed by atoms with van der Waals surface area (Å²) >= 11 is 0. The summed E-state index contributed by atoms with van der Waals surface area (Å²) in [6, 6.07) is 16.6. The monoisotopic (exact) mass is 435 g/mol. The highest BCUT2D eigenvalue weighted by Crippen LogP contribution is 2.15. The first-order chi connectivity index (χ1) is 15.5. The lowest BCUT2D eigenvalue weighted by atomic mass is 10.1. The van der Waals surface area contributed by atoms with E-state index in [4.69, 9.17) is 4.74 Å². The zero-order valence-corrected chi connectivity index (χ0v) is 18.5. The number of amides is 1. The Morgan fingerprint density at radius 3 is 2.44 bits per heavy atom. The molecule has 7 nitrogen and oxygen atoms in total. The van der Waals surface area contributed by atoms with E-state index >= 15 is 0 Å². The molecule has 0 aliphatic carbocycles. The smallest absolute Gasteiger partial charge is 0.360 e. The summed E-state index contributed by atoms with van der Waals surface area (Å²) in [6.07, 6.45) is 2.45. The number of aromatic nitrogens is 2. The second-order valence-electron chi connectivity index (χ2n) is 7.70. The minimum atomic E-state index is -0.987. The van der Waals surface area contributed by atoms with Crippen LogP contribution in [0.5, 0.6) is 0 Å². The number of esters is 1. The normalized spacial score (nSPS) is 11.8. The van der Waals surface area contributed by atoms with E-state index in [1.807, 2.05) is 30.3 Å². The van der Waals surface area contributed by atoms with Gasteiger partial charge in [-0.25, -0.2) is 9.48 Å². The number of ether oxygens (including phenoxy) is 1. The van der Waals surface area contributed by atoms with E-state index in [2.05, 4.69) is 17.3 Å². The van der Waals surface area contributed by atoms with Gasteiger partial charge in [0.2, 0.25) is 0 Å². The van der Waals surface area contributed by atoms with Crippen LogP contribution in [-0.2, 0) is 22.5 Å². The number of hydrogen-bond donors (Lipinski definition) is 1. The van der Waals surface area contributed by atoms with Gasteiger partial charge in [0.05, 0.1) is 5.39 Å². The van der Waals surface area contributed by atoms with Gasteiger partial charge >= 0.3 is 5.97 Å². The maximum atomic E-state index is 12.9. The van der Waals surface area contributed by atoms with Crippen LogP contribution in [0.4, 0.5) is 0 Å². The summed E-state index contributed by atoms with van der Waals surface area (Å²) in [7, 11) is 0. The number of carbonyl (C=O) groups is 2. The number of nitrogens with one attached hydrogen (secondary N) is 1. The quantitative estimate of drug-likeness (QED) is 0.389. The van der Waals surface area contributed by atoms with E-state index in [0.717, 1.165) is 24.8 Å². The number of benzene rings is 2. The second kappa shape index (κ2) is 11.2. The van der Waals surface area contributed by atoms with E-state index in [9.17, 15) is 14.4 Å². The van der Waals surface area contributed by atoms with Crippen molar-refractivity contribution in [2.45, 2.75) is 52.2 Å². The molecule has 0 saturated heterocycles. The van der Waals surface area contributed by atoms with Gasteiger partial charge in [-0.2, -0.15) is 5.10 Å². The van der Waals surface area contributed by atoms with Crippen molar-refractivity contribution in [3.8, 4) is 0 Å². The summed E-state index contributed by atoms with van der Waals surface area (Å²) in [5.74, 6) is -1.11. The van der Waals surface area contributed by atoms with E-state index in [0.29, 0.717) is 30.3 Å². The second-order valence-corrected chi connectivity index (χ2v) is 7.70. The molecule has 7 heteroatoms. The van der Waals surface area contributed by atoms with Crippen LogP contribution in [0.25, 0.3) is 10.8 Å². The molecule has 1 amide bonds. The van der Waals surface area contributed by atoms with Gasteiger partial charge < -0.3 is 10.1 Å². The third kappa shape index (κ3) is 5.81. The minimum Gasteiger partial charge on any atom is -0.448 e. The summed E-state index contributed by atoms with van der Waals surface area (Å²) in [6.45, 7) is 4.46. The maximum absolute atomic E-state index is 12.9. The van der Waals surface area contributed by atoms with Crippen molar-refractivity contribution in [1.29, 1.82) is 0 Å². The average Bonchev–Trinajstić information content (AvgIpc) is 2.81.